The van der Waals surface area contributed by atoms with E-state index in [1.165, 1.54) is 5.56 Å². The first kappa shape index (κ1) is 45.6. The van der Waals surface area contributed by atoms with Gasteiger partial charge in [-0.1, -0.05) is 49.8 Å². The Morgan fingerprint density at radius 3 is 2.27 bits per heavy atom. The van der Waals surface area contributed by atoms with Gasteiger partial charge in [0.25, 0.3) is 0 Å². The number of nitrogens with one attached hydrogen (secondary N) is 1. The first-order valence-corrected chi connectivity index (χ1v) is 23.3. The number of benzene rings is 1. The molecule has 0 radical (unpaired) electrons. The van der Waals surface area contributed by atoms with Crippen molar-refractivity contribution in [2.75, 3.05) is 35.4 Å². The second-order valence-electron chi connectivity index (χ2n) is 19.3. The van der Waals surface area contributed by atoms with Crippen LogP contribution in [0.15, 0.2) is 35.9 Å². The van der Waals surface area contributed by atoms with Gasteiger partial charge < -0.3 is 47.8 Å². The monoisotopic (exact) mass is 862 g/mol. The molecule has 13 heteroatoms. The van der Waals surface area contributed by atoms with Crippen LogP contribution >= 0.6 is 0 Å². The van der Waals surface area contributed by atoms with Gasteiger partial charge in [0.05, 0.1) is 36.5 Å². The fourth-order valence-electron chi connectivity index (χ4n) is 12.0. The molecule has 8 rings (SSSR count). The Bertz CT molecular complexity index is 1900. The number of ketones is 1. The summed E-state index contributed by atoms with van der Waals surface area (Å²) in [7, 11) is 9.15. The molecule has 13 nitrogen and oxygen atoms in total. The number of rotatable bonds is 10. The maximum absolute atomic E-state index is 15.2. The summed E-state index contributed by atoms with van der Waals surface area (Å²) in [6.45, 7) is 10.2. The van der Waals surface area contributed by atoms with Crippen molar-refractivity contribution in [3.8, 4) is 11.4 Å². The molecule has 62 heavy (non-hydrogen) atoms. The minimum atomic E-state index is -0.667. The minimum absolute atomic E-state index is 0.00656. The van der Waals surface area contributed by atoms with Crippen LogP contribution in [-0.4, -0.2) is 129 Å². The summed E-state index contributed by atoms with van der Waals surface area (Å²) < 4.78 is 50.6. The van der Waals surface area contributed by atoms with Crippen LogP contribution in [-0.2, 0) is 47.5 Å². The molecule has 342 valence electrons. The lowest BCUT2D eigenvalue weighted by atomic mass is 9.67. The number of nitrogens with zero attached hydrogens (tertiary/aromatic N) is 2. The number of hydrogen-bond acceptors (Lipinski definition) is 12. The van der Waals surface area contributed by atoms with Crippen molar-refractivity contribution in [1.82, 2.24) is 14.9 Å². The summed E-state index contributed by atoms with van der Waals surface area (Å²) in [5, 5.41) is 0. The number of methoxy groups -OCH3 is 3. The molecular weight excluding hydrogens is 791 g/mol. The summed E-state index contributed by atoms with van der Waals surface area (Å²) in [6, 6.07) is 8.70. The number of Topliss-reactive ketones (excluding diaryl/α,β-unsaturated/α-hetero) is 1. The largest absolute Gasteiger partial charge is 0.462 e. The molecular formula is C49H71N3O10. The highest BCUT2D eigenvalue weighted by atomic mass is 16.7. The number of aromatic nitrogens is 2. The number of fused-ring (bicyclic) bond motifs is 8. The fraction of sp³-hybridized carbons (Fsp3) is 0.735. The Balaban J connectivity index is 1.14. The lowest BCUT2D eigenvalue weighted by Crippen LogP contribution is -2.59. The number of hydrogen-bond donors (Lipinski definition) is 1. The van der Waals surface area contributed by atoms with Gasteiger partial charge in [-0.3, -0.25) is 9.59 Å². The molecule has 1 aromatic carbocycles. The molecule has 4 unspecified atom stereocenters. The summed E-state index contributed by atoms with van der Waals surface area (Å²) >= 11 is 0. The fourth-order valence-corrected chi connectivity index (χ4v) is 12.0. The Morgan fingerprint density at radius 1 is 0.855 bits per heavy atom. The summed E-state index contributed by atoms with van der Waals surface area (Å²) in [6.07, 6.45) is 5.15. The zero-order chi connectivity index (χ0) is 44.0. The van der Waals surface area contributed by atoms with Gasteiger partial charge in [0, 0.05) is 62.3 Å². The van der Waals surface area contributed by atoms with Crippen LogP contribution in [0.5, 0.6) is 0 Å². The highest BCUT2D eigenvalue weighted by molar-refractivity contribution is 5.99. The molecule has 4 heterocycles. The highest BCUT2D eigenvalue weighted by Crippen LogP contribution is 2.61. The van der Waals surface area contributed by atoms with Gasteiger partial charge in [-0.25, -0.2) is 4.98 Å². The van der Waals surface area contributed by atoms with Crippen molar-refractivity contribution in [1.29, 1.82) is 0 Å². The molecule has 2 aromatic rings. The summed E-state index contributed by atoms with van der Waals surface area (Å²) in [5.74, 6) is -0.351. The molecule has 3 aliphatic heterocycles. The number of aryl methyl sites for hydroxylation is 1. The highest BCUT2D eigenvalue weighted by Gasteiger charge is 2.57. The van der Waals surface area contributed by atoms with Crippen LogP contribution in [0.4, 0.5) is 0 Å². The molecule has 1 N–H and O–H groups in total. The molecule has 1 saturated carbocycles. The minimum Gasteiger partial charge on any atom is -0.462 e. The number of carbonyl (C=O) groups excluding carboxylic acids is 2. The summed E-state index contributed by atoms with van der Waals surface area (Å²) in [5.41, 5.74) is 4.86. The second-order valence-corrected chi connectivity index (χ2v) is 19.3. The first-order valence-electron chi connectivity index (χ1n) is 23.3. The van der Waals surface area contributed by atoms with Gasteiger partial charge in [0.1, 0.15) is 30.2 Å². The molecule has 0 spiro atoms. The molecule has 3 saturated heterocycles. The maximum atomic E-state index is 15.2. The number of imidazole rings is 1. The van der Waals surface area contributed by atoms with Gasteiger partial charge >= 0.3 is 5.97 Å². The zero-order valence-electron chi connectivity index (χ0n) is 38.5. The second kappa shape index (κ2) is 19.2. The van der Waals surface area contributed by atoms with Crippen LogP contribution in [0.2, 0.25) is 0 Å². The normalized spacial score (nSPS) is 40.1. The van der Waals surface area contributed by atoms with Crippen molar-refractivity contribution in [3.63, 3.8) is 0 Å². The summed E-state index contributed by atoms with van der Waals surface area (Å²) in [4.78, 5) is 40.7. The van der Waals surface area contributed by atoms with E-state index >= 15 is 4.79 Å². The van der Waals surface area contributed by atoms with Crippen LogP contribution in [0, 0.1) is 30.6 Å². The van der Waals surface area contributed by atoms with Crippen LogP contribution in [0.25, 0.3) is 11.4 Å². The van der Waals surface area contributed by atoms with Crippen LogP contribution < -0.4 is 0 Å². The zero-order valence-corrected chi connectivity index (χ0v) is 38.5. The van der Waals surface area contributed by atoms with Crippen molar-refractivity contribution in [2.24, 2.45) is 23.7 Å². The predicted molar refractivity (Wildman–Crippen MR) is 232 cm³/mol. The number of allylic oxidation sites excluding steroid dienone is 2. The molecule has 0 amide bonds. The number of aromatic amines is 1. The molecule has 3 aliphatic carbocycles. The van der Waals surface area contributed by atoms with Gasteiger partial charge in [-0.15, -0.1) is 0 Å². The number of carbonyl (C=O) groups is 2. The number of likely N-dealkylation sites (N-methyl/N-ethyl adjacent to an activating group) is 1. The number of ether oxygens (including phenoxy) is 8. The SMILES string of the molecule is CC[C@H]1CCC[C@H](O[C@H]2CC[C@H](N(C)C)C(C)O2)[C@@H](C)C(=O)C2=C[C@H]3[C@@H]4C[C@H](O[C@@H]5OC(C)[C@H](OC)C(OC)C5OC)C[C@H]4c4[nH]c(-c5ccc(C)cc5)nc4[C@H]3[C@@H]2CC(=O)O1. The molecule has 6 aliphatic rings. The average Bonchev–Trinajstić information content (AvgIpc) is 3.97. The van der Waals surface area contributed by atoms with Gasteiger partial charge in [-0.05, 0) is 104 Å². The quantitative estimate of drug-likeness (QED) is 0.241. The third-order valence-electron chi connectivity index (χ3n) is 15.3. The molecule has 17 atom stereocenters. The Kier molecular flexibility index (Phi) is 14.1. The average molecular weight is 862 g/mol. The maximum Gasteiger partial charge on any atom is 0.306 e. The Labute approximate surface area is 368 Å². The molecule has 0 bridgehead atoms. The van der Waals surface area contributed by atoms with Crippen LogP contribution in [0.3, 0.4) is 0 Å². The lowest BCUT2D eigenvalue weighted by Gasteiger charge is -2.44. The van der Waals surface area contributed by atoms with Gasteiger partial charge in [-0.2, -0.15) is 0 Å². The van der Waals surface area contributed by atoms with E-state index < -0.39 is 24.2 Å². The van der Waals surface area contributed by atoms with Gasteiger partial charge in [0.15, 0.2) is 18.4 Å². The van der Waals surface area contributed by atoms with E-state index in [4.69, 9.17) is 42.9 Å². The Hall–Kier alpha value is -3.01. The van der Waals surface area contributed by atoms with E-state index in [-0.39, 0.29) is 90.9 Å². The third-order valence-corrected chi connectivity index (χ3v) is 15.3. The van der Waals surface area contributed by atoms with Crippen LogP contribution in [0.1, 0.15) is 114 Å². The van der Waals surface area contributed by atoms with Gasteiger partial charge in [0.2, 0.25) is 0 Å². The van der Waals surface area contributed by atoms with E-state index in [2.05, 4.69) is 75.1 Å². The van der Waals surface area contributed by atoms with E-state index in [1.54, 1.807) is 21.3 Å². The van der Waals surface area contributed by atoms with E-state index in [0.29, 0.717) is 24.5 Å². The number of H-pyrrole nitrogens is 1. The van der Waals surface area contributed by atoms with E-state index in [1.807, 2.05) is 13.8 Å². The van der Waals surface area contributed by atoms with Crippen molar-refractivity contribution in [3.05, 3.63) is 52.9 Å². The lowest BCUT2D eigenvalue weighted by molar-refractivity contribution is -0.314. The first-order chi connectivity index (χ1) is 29.8. The number of esters is 1. The predicted octanol–water partition coefficient (Wildman–Crippen LogP) is 7.26. The topological polar surface area (TPSA) is 140 Å². The van der Waals surface area contributed by atoms with Crippen molar-refractivity contribution in [2.45, 2.75) is 172 Å². The molecule has 1 aromatic heterocycles. The number of cyclic esters (lactones) is 1. The third kappa shape index (κ3) is 8.86. The van der Waals surface area contributed by atoms with E-state index in [9.17, 15) is 4.79 Å². The van der Waals surface area contributed by atoms with E-state index in [0.717, 1.165) is 61.3 Å². The van der Waals surface area contributed by atoms with Crippen molar-refractivity contribution >= 4 is 11.8 Å². The standard InChI is InChI=1S/C49H71N3O10/c1-11-30-13-12-14-38(62-40-20-19-37(52(6)7)27(4)58-40)26(3)44(54)36-23-33-32-21-31(61-49-47(57-10)46(56-9)45(55-8)28(5)59-49)22-35(32)42-43(41(33)34(36)24-39(53)60-30)51-48(50-42)29-17-15-25(2)16-18-29/h15-18,23,26-28,30-35,37-38,40-41,45-47,49H,11-14,19-22,24H2,1-10H3,(H,50,51)/t26-,27?,28?,30+,31+,32+,33+,34-,35-,37+,38+,40+,41-,45+,46?,47?,49+/m1/s1. The Morgan fingerprint density at radius 2 is 1.60 bits per heavy atom. The smallest absolute Gasteiger partial charge is 0.306 e. The van der Waals surface area contributed by atoms with Crippen molar-refractivity contribution < 1.29 is 47.5 Å². The molecule has 4 fully saturated rings.